The van der Waals surface area contributed by atoms with Crippen molar-refractivity contribution in [2.75, 3.05) is 6.61 Å². The zero-order valence-electron chi connectivity index (χ0n) is 9.62. The van der Waals surface area contributed by atoms with Crippen molar-refractivity contribution in [2.24, 2.45) is 0 Å². The van der Waals surface area contributed by atoms with Crippen LogP contribution in [0.5, 0.6) is 0 Å². The number of benzene rings is 1. The van der Waals surface area contributed by atoms with Gasteiger partial charge in [0.25, 0.3) is 5.91 Å². The molecular weight excluding hydrogens is 257 g/mol. The number of carbonyl (C=O) groups is 1. The molecule has 1 aliphatic carbocycles. The molecule has 3 nitrogen and oxygen atoms in total. The van der Waals surface area contributed by atoms with Crippen molar-refractivity contribution >= 4 is 17.5 Å². The van der Waals surface area contributed by atoms with Crippen molar-refractivity contribution in [3.8, 4) is 0 Å². The second-order valence-corrected chi connectivity index (χ2v) is 4.81. The molecule has 18 heavy (non-hydrogen) atoms. The lowest BCUT2D eigenvalue weighted by molar-refractivity contribution is 0.0845. The van der Waals surface area contributed by atoms with E-state index in [0.717, 1.165) is 6.07 Å². The predicted molar refractivity (Wildman–Crippen MR) is 67.1 cm³/mol. The van der Waals surface area contributed by atoms with Gasteiger partial charge in [-0.1, -0.05) is 23.8 Å². The molecule has 1 aromatic carbocycles. The van der Waals surface area contributed by atoms with Crippen LogP contribution in [-0.2, 0) is 0 Å². The van der Waals surface area contributed by atoms with Crippen LogP contribution in [0, 0.1) is 5.82 Å². The Hall–Kier alpha value is -1.39. The highest BCUT2D eigenvalue weighted by molar-refractivity contribution is 6.30. The van der Waals surface area contributed by atoms with Crippen molar-refractivity contribution in [3.05, 3.63) is 46.8 Å². The fourth-order valence-corrected chi connectivity index (χ4v) is 2.04. The maximum Gasteiger partial charge on any atom is 0.251 e. The Bertz CT molecular complexity index is 494. The molecule has 0 spiro atoms. The van der Waals surface area contributed by atoms with Gasteiger partial charge in [-0.05, 0) is 31.0 Å². The van der Waals surface area contributed by atoms with Crippen molar-refractivity contribution in [2.45, 2.75) is 18.4 Å². The minimum absolute atomic E-state index is 0.0223. The van der Waals surface area contributed by atoms with Crippen LogP contribution in [0.1, 0.15) is 23.2 Å². The zero-order chi connectivity index (χ0) is 13.2. The lowest BCUT2D eigenvalue weighted by Crippen LogP contribution is -2.49. The topological polar surface area (TPSA) is 49.3 Å². The highest BCUT2D eigenvalue weighted by Gasteiger charge is 2.32. The van der Waals surface area contributed by atoms with Gasteiger partial charge >= 0.3 is 0 Å². The SMILES string of the molecule is O=C(NC1(CO)CC=CC1)c1ccc(Cl)c(F)c1. The average Bonchev–Trinajstić information content (AvgIpc) is 2.82. The molecule has 96 valence electrons. The number of rotatable bonds is 3. The Balaban J connectivity index is 2.14. The fourth-order valence-electron chi connectivity index (χ4n) is 1.92. The molecule has 0 fully saturated rings. The summed E-state index contributed by atoms with van der Waals surface area (Å²) in [5.74, 6) is -1.05. The van der Waals surface area contributed by atoms with Gasteiger partial charge in [0.2, 0.25) is 0 Å². The Kier molecular flexibility index (Phi) is 3.68. The average molecular weight is 270 g/mol. The van der Waals surface area contributed by atoms with Crippen LogP contribution in [0.3, 0.4) is 0 Å². The van der Waals surface area contributed by atoms with E-state index in [1.54, 1.807) is 0 Å². The number of carbonyl (C=O) groups excluding carboxylic acids is 1. The van der Waals surface area contributed by atoms with E-state index < -0.39 is 17.3 Å². The summed E-state index contributed by atoms with van der Waals surface area (Å²) in [7, 11) is 0. The standard InChI is InChI=1S/C13H13ClFNO2/c14-10-4-3-9(7-11(10)15)12(18)16-13(8-17)5-1-2-6-13/h1-4,7,17H,5-6,8H2,(H,16,18). The maximum absolute atomic E-state index is 13.3. The van der Waals surface area contributed by atoms with Crippen LogP contribution in [0.2, 0.25) is 5.02 Å². The van der Waals surface area contributed by atoms with E-state index >= 15 is 0 Å². The highest BCUT2D eigenvalue weighted by atomic mass is 35.5. The van der Waals surface area contributed by atoms with Gasteiger partial charge in [-0.25, -0.2) is 4.39 Å². The van der Waals surface area contributed by atoms with E-state index in [9.17, 15) is 14.3 Å². The van der Waals surface area contributed by atoms with E-state index in [4.69, 9.17) is 11.6 Å². The van der Waals surface area contributed by atoms with E-state index in [0.29, 0.717) is 12.8 Å². The van der Waals surface area contributed by atoms with Gasteiger partial charge < -0.3 is 10.4 Å². The number of hydrogen-bond donors (Lipinski definition) is 2. The van der Waals surface area contributed by atoms with Crippen LogP contribution in [0.15, 0.2) is 30.4 Å². The largest absolute Gasteiger partial charge is 0.394 e. The number of aliphatic hydroxyl groups is 1. The Morgan fingerprint density at radius 3 is 2.67 bits per heavy atom. The van der Waals surface area contributed by atoms with E-state index in [1.807, 2.05) is 12.2 Å². The second-order valence-electron chi connectivity index (χ2n) is 4.40. The van der Waals surface area contributed by atoms with Gasteiger partial charge in [-0.2, -0.15) is 0 Å². The molecular formula is C13H13ClFNO2. The highest BCUT2D eigenvalue weighted by Crippen LogP contribution is 2.24. The Morgan fingerprint density at radius 2 is 2.11 bits per heavy atom. The Morgan fingerprint density at radius 1 is 1.44 bits per heavy atom. The molecule has 5 heteroatoms. The smallest absolute Gasteiger partial charge is 0.251 e. The summed E-state index contributed by atoms with van der Waals surface area (Å²) in [4.78, 5) is 12.0. The minimum Gasteiger partial charge on any atom is -0.394 e. The summed E-state index contributed by atoms with van der Waals surface area (Å²) < 4.78 is 13.3. The summed E-state index contributed by atoms with van der Waals surface area (Å²) in [6, 6.07) is 3.88. The van der Waals surface area contributed by atoms with E-state index in [-0.39, 0.29) is 17.2 Å². The maximum atomic E-state index is 13.3. The van der Waals surface area contributed by atoms with E-state index in [2.05, 4.69) is 5.32 Å². The molecule has 0 unspecified atom stereocenters. The summed E-state index contributed by atoms with van der Waals surface area (Å²) >= 11 is 5.55. The van der Waals surface area contributed by atoms with Gasteiger partial charge in [0.15, 0.2) is 0 Å². The molecule has 0 bridgehead atoms. The lowest BCUT2D eigenvalue weighted by atomic mass is 9.97. The molecule has 0 aromatic heterocycles. The molecule has 1 aromatic rings. The molecule has 0 radical (unpaired) electrons. The van der Waals surface area contributed by atoms with Crippen LogP contribution >= 0.6 is 11.6 Å². The first-order valence-corrected chi connectivity index (χ1v) is 5.97. The van der Waals surface area contributed by atoms with Crippen LogP contribution < -0.4 is 5.32 Å². The van der Waals surface area contributed by atoms with Crippen molar-refractivity contribution < 1.29 is 14.3 Å². The molecule has 0 saturated carbocycles. The Labute approximate surface area is 109 Å². The predicted octanol–water partition coefficient (Wildman–Crippen LogP) is 2.29. The second kappa shape index (κ2) is 5.08. The number of hydrogen-bond acceptors (Lipinski definition) is 2. The van der Waals surface area contributed by atoms with E-state index in [1.165, 1.54) is 12.1 Å². The molecule has 0 aliphatic heterocycles. The minimum atomic E-state index is -0.660. The van der Waals surface area contributed by atoms with Gasteiger partial charge in [-0.3, -0.25) is 4.79 Å². The quantitative estimate of drug-likeness (QED) is 0.827. The summed E-state index contributed by atoms with van der Waals surface area (Å²) in [6.07, 6.45) is 4.95. The van der Waals surface area contributed by atoms with Crippen molar-refractivity contribution in [1.82, 2.24) is 5.32 Å². The van der Waals surface area contributed by atoms with Gasteiger partial charge in [-0.15, -0.1) is 0 Å². The number of amides is 1. The van der Waals surface area contributed by atoms with Crippen molar-refractivity contribution in [1.29, 1.82) is 0 Å². The summed E-state index contributed by atoms with van der Waals surface area (Å²) in [5.41, 5.74) is -0.468. The van der Waals surface area contributed by atoms with Gasteiger partial charge in [0.1, 0.15) is 5.82 Å². The van der Waals surface area contributed by atoms with Crippen LogP contribution in [0.4, 0.5) is 4.39 Å². The third-order valence-electron chi connectivity index (χ3n) is 3.05. The first-order valence-electron chi connectivity index (χ1n) is 5.60. The van der Waals surface area contributed by atoms with Crippen LogP contribution in [-0.4, -0.2) is 23.2 Å². The third kappa shape index (κ3) is 2.54. The van der Waals surface area contributed by atoms with Crippen LogP contribution in [0.25, 0.3) is 0 Å². The summed E-state index contributed by atoms with van der Waals surface area (Å²) in [5, 5.41) is 12.1. The molecule has 2 N–H and O–H groups in total. The fraction of sp³-hybridized carbons (Fsp3) is 0.308. The number of aliphatic hydroxyl groups excluding tert-OH is 1. The number of halogens is 2. The first-order chi connectivity index (χ1) is 8.56. The normalized spacial score (nSPS) is 16.8. The molecule has 1 aliphatic rings. The monoisotopic (exact) mass is 269 g/mol. The first kappa shape index (κ1) is 13.1. The molecule has 0 heterocycles. The van der Waals surface area contributed by atoms with Crippen molar-refractivity contribution in [3.63, 3.8) is 0 Å². The molecule has 1 amide bonds. The molecule has 0 atom stereocenters. The van der Waals surface area contributed by atoms with Gasteiger partial charge in [0.05, 0.1) is 17.2 Å². The van der Waals surface area contributed by atoms with Gasteiger partial charge in [0, 0.05) is 5.56 Å². The molecule has 0 saturated heterocycles. The third-order valence-corrected chi connectivity index (χ3v) is 3.35. The number of nitrogens with one attached hydrogen (secondary N) is 1. The summed E-state index contributed by atoms with van der Waals surface area (Å²) in [6.45, 7) is -0.151. The molecule has 2 rings (SSSR count). The lowest BCUT2D eigenvalue weighted by Gasteiger charge is -2.28. The zero-order valence-corrected chi connectivity index (χ0v) is 10.4.